The van der Waals surface area contributed by atoms with Crippen LogP contribution in [-0.4, -0.2) is 15.1 Å². The Labute approximate surface area is 159 Å². The molecule has 0 aliphatic heterocycles. The third-order valence-electron chi connectivity index (χ3n) is 5.35. The second-order valence-corrected chi connectivity index (χ2v) is 6.87. The van der Waals surface area contributed by atoms with Crippen LogP contribution in [0.25, 0.3) is 0 Å². The van der Waals surface area contributed by atoms with Gasteiger partial charge in [-0.25, -0.2) is 4.98 Å². The molecule has 0 aliphatic carbocycles. The first-order valence-corrected chi connectivity index (χ1v) is 9.05. The maximum absolute atomic E-state index is 12.1. The number of aromatic nitrogens is 2. The van der Waals surface area contributed by atoms with Gasteiger partial charge in [0.2, 0.25) is 0 Å². The summed E-state index contributed by atoms with van der Waals surface area (Å²) >= 11 is 0. The highest BCUT2D eigenvalue weighted by molar-refractivity contribution is 5.55. The lowest BCUT2D eigenvalue weighted by molar-refractivity contribution is 0.00177. The van der Waals surface area contributed by atoms with Gasteiger partial charge < -0.3 is 10.1 Å². The first-order valence-electron chi connectivity index (χ1n) is 9.05. The molecule has 3 aromatic carbocycles. The minimum atomic E-state index is -1.29. The molecule has 4 rings (SSSR count). The summed E-state index contributed by atoms with van der Waals surface area (Å²) in [5.74, 6) is 0. The number of nitrogens with zero attached hydrogens (tertiary/aromatic N) is 1. The van der Waals surface area contributed by atoms with E-state index >= 15 is 0 Å². The number of hydrogen-bond donors (Lipinski definition) is 2. The minimum Gasteiger partial charge on any atom is -0.382 e. The molecule has 0 fully saturated rings. The number of rotatable bonds is 5. The molecule has 3 heteroatoms. The van der Waals surface area contributed by atoms with Crippen molar-refractivity contribution in [2.24, 2.45) is 0 Å². The summed E-state index contributed by atoms with van der Waals surface area (Å²) in [6, 6.07) is 30.5. The molecule has 0 radical (unpaired) electrons. The van der Waals surface area contributed by atoms with Crippen LogP contribution >= 0.6 is 0 Å². The molecule has 2 N–H and O–H groups in total. The molecule has 1 aromatic heterocycles. The van der Waals surface area contributed by atoms with Crippen LogP contribution in [0.5, 0.6) is 0 Å². The number of benzene rings is 3. The predicted octanol–water partition coefficient (Wildman–Crippen LogP) is 4.65. The van der Waals surface area contributed by atoms with E-state index in [4.69, 9.17) is 0 Å². The van der Waals surface area contributed by atoms with Crippen molar-refractivity contribution in [1.29, 1.82) is 0 Å². The van der Waals surface area contributed by atoms with Gasteiger partial charge in [-0.3, -0.25) is 0 Å². The smallest absolute Gasteiger partial charge is 0.123 e. The Hall–Kier alpha value is -3.17. The van der Waals surface area contributed by atoms with E-state index in [1.807, 2.05) is 61.5 Å². The third kappa shape index (κ3) is 2.68. The van der Waals surface area contributed by atoms with E-state index in [1.54, 1.807) is 12.5 Å². The van der Waals surface area contributed by atoms with E-state index in [2.05, 4.69) is 46.4 Å². The highest BCUT2D eigenvalue weighted by Gasteiger charge is 2.53. The average Bonchev–Trinajstić information content (AvgIpc) is 3.27. The summed E-state index contributed by atoms with van der Waals surface area (Å²) in [7, 11) is 0. The fourth-order valence-corrected chi connectivity index (χ4v) is 4.13. The summed E-state index contributed by atoms with van der Waals surface area (Å²) in [5.41, 5.74) is 1.50. The Balaban J connectivity index is 2.14. The molecule has 3 nitrogen and oxygen atoms in total. The van der Waals surface area contributed by atoms with E-state index in [0.717, 1.165) is 16.7 Å². The Bertz CT molecular complexity index is 882. The van der Waals surface area contributed by atoms with Crippen LogP contribution in [0, 0.1) is 0 Å². The van der Waals surface area contributed by atoms with Gasteiger partial charge in [0, 0.05) is 6.20 Å². The van der Waals surface area contributed by atoms with Crippen molar-refractivity contribution in [3.63, 3.8) is 0 Å². The lowest BCUT2D eigenvalue weighted by Crippen LogP contribution is -2.49. The number of aromatic amines is 1. The number of imidazole rings is 1. The van der Waals surface area contributed by atoms with Crippen molar-refractivity contribution in [2.75, 3.05) is 0 Å². The molecule has 0 saturated heterocycles. The molecule has 27 heavy (non-hydrogen) atoms. The zero-order chi connectivity index (χ0) is 18.7. The van der Waals surface area contributed by atoms with Crippen molar-refractivity contribution in [3.05, 3.63) is 126 Å². The third-order valence-corrected chi connectivity index (χ3v) is 5.35. The summed E-state index contributed by atoms with van der Waals surface area (Å²) < 4.78 is 0. The van der Waals surface area contributed by atoms with Crippen molar-refractivity contribution in [1.82, 2.24) is 9.97 Å². The zero-order valence-electron chi connectivity index (χ0n) is 15.2. The summed E-state index contributed by atoms with van der Waals surface area (Å²) in [4.78, 5) is 7.42. The molecule has 1 atom stereocenters. The van der Waals surface area contributed by atoms with E-state index in [-0.39, 0.29) is 0 Å². The number of H-pyrrole nitrogens is 1. The topological polar surface area (TPSA) is 48.9 Å². The Morgan fingerprint density at radius 1 is 0.704 bits per heavy atom. The molecular formula is C24H22N2O. The van der Waals surface area contributed by atoms with Gasteiger partial charge in [-0.1, -0.05) is 91.0 Å². The fourth-order valence-electron chi connectivity index (χ4n) is 4.13. The molecule has 0 bridgehead atoms. The van der Waals surface area contributed by atoms with Crippen LogP contribution in [0.15, 0.2) is 104 Å². The molecule has 0 saturated carbocycles. The van der Waals surface area contributed by atoms with Gasteiger partial charge in [0.05, 0.1) is 17.4 Å². The second kappa shape index (κ2) is 6.86. The van der Waals surface area contributed by atoms with Gasteiger partial charge in [0.25, 0.3) is 0 Å². The number of aliphatic hydroxyl groups is 1. The molecule has 1 heterocycles. The van der Waals surface area contributed by atoms with E-state index in [1.165, 1.54) is 0 Å². The standard InChI is InChI=1S/C24H22N2O/c1-23(27,22-17-25-18-26-22)24(19-11-5-2-6-12-19,20-13-7-3-8-14-20)21-15-9-4-10-16-21/h2-18,27H,1H3,(H,25,26). The average molecular weight is 354 g/mol. The highest BCUT2D eigenvalue weighted by atomic mass is 16.3. The molecule has 0 spiro atoms. The summed E-state index contributed by atoms with van der Waals surface area (Å²) in [5, 5.41) is 12.1. The van der Waals surface area contributed by atoms with Crippen molar-refractivity contribution in [3.8, 4) is 0 Å². The molecule has 1 unspecified atom stereocenters. The SMILES string of the molecule is CC(O)(c1c[nH]cn1)C(c1ccccc1)(c1ccccc1)c1ccccc1. The zero-order valence-corrected chi connectivity index (χ0v) is 15.2. The lowest BCUT2D eigenvalue weighted by Gasteiger charge is -2.46. The van der Waals surface area contributed by atoms with E-state index in [0.29, 0.717) is 5.69 Å². The van der Waals surface area contributed by atoms with Gasteiger partial charge in [0.1, 0.15) is 5.60 Å². The van der Waals surface area contributed by atoms with Crippen LogP contribution in [0.3, 0.4) is 0 Å². The van der Waals surface area contributed by atoms with Crippen LogP contribution in [0.4, 0.5) is 0 Å². The number of hydrogen-bond acceptors (Lipinski definition) is 2. The summed E-state index contributed by atoms with van der Waals surface area (Å²) in [6.45, 7) is 1.84. The monoisotopic (exact) mass is 354 g/mol. The Morgan fingerprint density at radius 2 is 1.11 bits per heavy atom. The van der Waals surface area contributed by atoms with Crippen molar-refractivity contribution >= 4 is 0 Å². The largest absolute Gasteiger partial charge is 0.382 e. The Morgan fingerprint density at radius 3 is 1.44 bits per heavy atom. The van der Waals surface area contributed by atoms with Crippen molar-refractivity contribution < 1.29 is 5.11 Å². The van der Waals surface area contributed by atoms with Crippen molar-refractivity contribution in [2.45, 2.75) is 17.9 Å². The molecule has 0 aliphatic rings. The van der Waals surface area contributed by atoms with Gasteiger partial charge >= 0.3 is 0 Å². The van der Waals surface area contributed by atoms with Gasteiger partial charge in [-0.05, 0) is 23.6 Å². The second-order valence-electron chi connectivity index (χ2n) is 6.87. The fraction of sp³-hybridized carbons (Fsp3) is 0.125. The summed E-state index contributed by atoms with van der Waals surface area (Å²) in [6.07, 6.45) is 3.37. The van der Waals surface area contributed by atoms with Crippen LogP contribution in [0.1, 0.15) is 29.3 Å². The van der Waals surface area contributed by atoms with Crippen LogP contribution < -0.4 is 0 Å². The predicted molar refractivity (Wildman–Crippen MR) is 107 cm³/mol. The minimum absolute atomic E-state index is 0.596. The lowest BCUT2D eigenvalue weighted by atomic mass is 9.59. The normalized spacial score (nSPS) is 13.9. The van der Waals surface area contributed by atoms with Crippen LogP contribution in [0.2, 0.25) is 0 Å². The highest BCUT2D eigenvalue weighted by Crippen LogP contribution is 2.51. The Kier molecular flexibility index (Phi) is 4.38. The maximum Gasteiger partial charge on any atom is 0.123 e. The van der Waals surface area contributed by atoms with E-state index in [9.17, 15) is 5.11 Å². The molecular weight excluding hydrogens is 332 g/mol. The number of nitrogens with one attached hydrogen (secondary N) is 1. The quantitative estimate of drug-likeness (QED) is 0.513. The van der Waals surface area contributed by atoms with Gasteiger partial charge in [-0.15, -0.1) is 0 Å². The van der Waals surface area contributed by atoms with Gasteiger partial charge in [-0.2, -0.15) is 0 Å². The van der Waals surface area contributed by atoms with Crippen LogP contribution in [-0.2, 0) is 11.0 Å². The molecule has 0 amide bonds. The van der Waals surface area contributed by atoms with E-state index < -0.39 is 11.0 Å². The first kappa shape index (κ1) is 17.3. The van der Waals surface area contributed by atoms with Gasteiger partial charge in [0.15, 0.2) is 0 Å². The maximum atomic E-state index is 12.1. The first-order chi connectivity index (χ1) is 13.2. The molecule has 4 aromatic rings. The molecule has 134 valence electrons.